The standard InChI is InChI=1S/C16H24F2N2O/c1-12(20(2)11-13-6-5-9-19-10-13)14-7-3-4-8-15(14)21-16(17)18/h3-4,7-8,12-13,16,19H,5-6,9-11H2,1-2H3. The molecule has 1 aromatic rings. The van der Waals surface area contributed by atoms with E-state index in [1.54, 1.807) is 12.1 Å². The molecule has 0 aromatic heterocycles. The first kappa shape index (κ1) is 16.2. The summed E-state index contributed by atoms with van der Waals surface area (Å²) >= 11 is 0. The van der Waals surface area contributed by atoms with E-state index >= 15 is 0 Å². The molecule has 1 aliphatic rings. The average Bonchev–Trinajstić information content (AvgIpc) is 2.47. The quantitative estimate of drug-likeness (QED) is 0.872. The fourth-order valence-corrected chi connectivity index (χ4v) is 2.91. The van der Waals surface area contributed by atoms with Crippen molar-refractivity contribution in [2.45, 2.75) is 32.4 Å². The van der Waals surface area contributed by atoms with Crippen LogP contribution < -0.4 is 10.1 Å². The van der Waals surface area contributed by atoms with Crippen molar-refractivity contribution in [3.05, 3.63) is 29.8 Å². The Balaban J connectivity index is 2.02. The Morgan fingerprint density at radius 1 is 1.38 bits per heavy atom. The van der Waals surface area contributed by atoms with Crippen molar-refractivity contribution in [1.29, 1.82) is 0 Å². The highest BCUT2D eigenvalue weighted by Crippen LogP contribution is 2.30. The minimum Gasteiger partial charge on any atom is -0.434 e. The van der Waals surface area contributed by atoms with Gasteiger partial charge in [-0.15, -0.1) is 0 Å². The minimum absolute atomic E-state index is 0.0434. The van der Waals surface area contributed by atoms with Gasteiger partial charge in [0.1, 0.15) is 5.75 Å². The number of hydrogen-bond donors (Lipinski definition) is 1. The van der Waals surface area contributed by atoms with E-state index in [-0.39, 0.29) is 11.8 Å². The van der Waals surface area contributed by atoms with Gasteiger partial charge in [0, 0.05) is 18.2 Å². The molecule has 0 aliphatic carbocycles. The monoisotopic (exact) mass is 298 g/mol. The van der Waals surface area contributed by atoms with Crippen molar-refractivity contribution < 1.29 is 13.5 Å². The molecule has 21 heavy (non-hydrogen) atoms. The highest BCUT2D eigenvalue weighted by molar-refractivity contribution is 5.35. The van der Waals surface area contributed by atoms with Gasteiger partial charge in [0.25, 0.3) is 0 Å². The molecule has 0 bridgehead atoms. The number of benzene rings is 1. The molecule has 0 amide bonds. The Labute approximate surface area is 125 Å². The normalized spacial score (nSPS) is 20.8. The van der Waals surface area contributed by atoms with Crippen LogP contribution >= 0.6 is 0 Å². The van der Waals surface area contributed by atoms with Gasteiger partial charge < -0.3 is 10.1 Å². The predicted molar refractivity (Wildman–Crippen MR) is 79.7 cm³/mol. The second-order valence-electron chi connectivity index (χ2n) is 5.74. The third-order valence-corrected chi connectivity index (χ3v) is 4.19. The summed E-state index contributed by atoms with van der Waals surface area (Å²) in [6.45, 7) is 2.33. The Morgan fingerprint density at radius 3 is 2.81 bits per heavy atom. The number of nitrogens with zero attached hydrogens (tertiary/aromatic N) is 1. The summed E-state index contributed by atoms with van der Waals surface area (Å²) in [7, 11) is 2.04. The minimum atomic E-state index is -2.79. The molecule has 2 atom stereocenters. The SMILES string of the molecule is CC(c1ccccc1OC(F)F)N(C)CC1CCCNC1. The van der Waals surface area contributed by atoms with Crippen molar-refractivity contribution >= 4 is 0 Å². The van der Waals surface area contributed by atoms with E-state index < -0.39 is 6.61 Å². The Kier molecular flexibility index (Phi) is 5.94. The van der Waals surface area contributed by atoms with Crippen molar-refractivity contribution in [2.75, 3.05) is 26.7 Å². The van der Waals surface area contributed by atoms with Gasteiger partial charge in [0.05, 0.1) is 0 Å². The average molecular weight is 298 g/mol. The number of para-hydroxylation sites is 1. The molecule has 1 fully saturated rings. The van der Waals surface area contributed by atoms with Gasteiger partial charge in [-0.2, -0.15) is 8.78 Å². The third-order valence-electron chi connectivity index (χ3n) is 4.19. The van der Waals surface area contributed by atoms with Crippen LogP contribution in [0.15, 0.2) is 24.3 Å². The molecule has 1 aliphatic heterocycles. The number of rotatable bonds is 6. The topological polar surface area (TPSA) is 24.5 Å². The zero-order valence-corrected chi connectivity index (χ0v) is 12.7. The third kappa shape index (κ3) is 4.64. The highest BCUT2D eigenvalue weighted by atomic mass is 19.3. The molecule has 2 rings (SSSR count). The molecule has 1 aromatic carbocycles. The maximum Gasteiger partial charge on any atom is 0.387 e. The number of alkyl halides is 2. The lowest BCUT2D eigenvalue weighted by atomic mass is 9.97. The molecule has 1 saturated heterocycles. The maximum atomic E-state index is 12.5. The van der Waals surface area contributed by atoms with Gasteiger partial charge in [-0.25, -0.2) is 0 Å². The molecule has 3 nitrogen and oxygen atoms in total. The van der Waals surface area contributed by atoms with Crippen LogP contribution in [0.5, 0.6) is 5.75 Å². The van der Waals surface area contributed by atoms with E-state index in [9.17, 15) is 8.78 Å². The smallest absolute Gasteiger partial charge is 0.387 e. The lowest BCUT2D eigenvalue weighted by Crippen LogP contribution is -2.37. The van der Waals surface area contributed by atoms with E-state index in [1.807, 2.05) is 26.1 Å². The molecule has 2 unspecified atom stereocenters. The van der Waals surface area contributed by atoms with E-state index in [1.165, 1.54) is 12.8 Å². The second kappa shape index (κ2) is 7.71. The second-order valence-corrected chi connectivity index (χ2v) is 5.74. The first-order valence-electron chi connectivity index (χ1n) is 7.52. The lowest BCUT2D eigenvalue weighted by Gasteiger charge is -2.32. The molecule has 118 valence electrons. The molecule has 1 N–H and O–H groups in total. The number of hydrogen-bond acceptors (Lipinski definition) is 3. The lowest BCUT2D eigenvalue weighted by molar-refractivity contribution is -0.0510. The van der Waals surface area contributed by atoms with Crippen LogP contribution in [0.3, 0.4) is 0 Å². The molecular formula is C16H24F2N2O. The number of halogens is 2. The summed E-state index contributed by atoms with van der Waals surface area (Å²) in [6.07, 6.45) is 2.43. The molecule has 0 saturated carbocycles. The maximum absolute atomic E-state index is 12.5. The largest absolute Gasteiger partial charge is 0.434 e. The van der Waals surface area contributed by atoms with Gasteiger partial charge in [-0.05, 0) is 51.9 Å². The van der Waals surface area contributed by atoms with Crippen LogP contribution in [0.1, 0.15) is 31.4 Å². The van der Waals surface area contributed by atoms with Gasteiger partial charge in [0.15, 0.2) is 0 Å². The van der Waals surface area contributed by atoms with Crippen molar-refractivity contribution in [3.63, 3.8) is 0 Å². The van der Waals surface area contributed by atoms with Crippen LogP contribution in [0.25, 0.3) is 0 Å². The van der Waals surface area contributed by atoms with Crippen molar-refractivity contribution in [2.24, 2.45) is 5.92 Å². The fourth-order valence-electron chi connectivity index (χ4n) is 2.91. The van der Waals surface area contributed by atoms with Gasteiger partial charge in [-0.1, -0.05) is 18.2 Å². The zero-order chi connectivity index (χ0) is 15.2. The first-order valence-corrected chi connectivity index (χ1v) is 7.52. The van der Waals surface area contributed by atoms with Gasteiger partial charge in [-0.3, -0.25) is 4.90 Å². The summed E-state index contributed by atoms with van der Waals surface area (Å²) in [5, 5.41) is 3.41. The van der Waals surface area contributed by atoms with Crippen molar-refractivity contribution in [1.82, 2.24) is 10.2 Å². The Bertz CT molecular complexity index is 436. The Morgan fingerprint density at radius 2 is 2.14 bits per heavy atom. The van der Waals surface area contributed by atoms with Gasteiger partial charge >= 0.3 is 6.61 Å². The van der Waals surface area contributed by atoms with Crippen LogP contribution in [-0.4, -0.2) is 38.2 Å². The van der Waals surface area contributed by atoms with Crippen LogP contribution in [0.4, 0.5) is 8.78 Å². The molecule has 5 heteroatoms. The summed E-state index contributed by atoms with van der Waals surface area (Å²) in [5.41, 5.74) is 0.809. The highest BCUT2D eigenvalue weighted by Gasteiger charge is 2.21. The molecule has 1 heterocycles. The number of ether oxygens (including phenoxy) is 1. The van der Waals surface area contributed by atoms with Crippen LogP contribution in [0, 0.1) is 5.92 Å². The summed E-state index contributed by atoms with van der Waals surface area (Å²) in [5.74, 6) is 0.892. The van der Waals surface area contributed by atoms with E-state index in [0.717, 1.165) is 25.2 Å². The zero-order valence-electron chi connectivity index (χ0n) is 12.7. The molecular weight excluding hydrogens is 274 g/mol. The van der Waals surface area contributed by atoms with E-state index in [0.29, 0.717) is 5.92 Å². The number of nitrogens with one attached hydrogen (secondary N) is 1. The molecule has 0 radical (unpaired) electrons. The van der Waals surface area contributed by atoms with Crippen LogP contribution in [-0.2, 0) is 0 Å². The summed E-state index contributed by atoms with van der Waals surface area (Å²) < 4.78 is 29.6. The van der Waals surface area contributed by atoms with Crippen LogP contribution in [0.2, 0.25) is 0 Å². The van der Waals surface area contributed by atoms with Gasteiger partial charge in [0.2, 0.25) is 0 Å². The van der Waals surface area contributed by atoms with E-state index in [4.69, 9.17) is 0 Å². The number of piperidine rings is 1. The Hall–Kier alpha value is -1.20. The summed E-state index contributed by atoms with van der Waals surface area (Å²) in [6, 6.07) is 7.09. The first-order chi connectivity index (χ1) is 10.1. The predicted octanol–water partition coefficient (Wildman–Crippen LogP) is 3.28. The van der Waals surface area contributed by atoms with E-state index in [2.05, 4.69) is 15.0 Å². The molecule has 0 spiro atoms. The fraction of sp³-hybridized carbons (Fsp3) is 0.625. The van der Waals surface area contributed by atoms with Crippen molar-refractivity contribution in [3.8, 4) is 5.75 Å². The summed E-state index contributed by atoms with van der Waals surface area (Å²) in [4.78, 5) is 2.21.